The molecule has 0 saturated carbocycles. The van der Waals surface area contributed by atoms with Crippen molar-refractivity contribution in [2.24, 2.45) is 0 Å². The van der Waals surface area contributed by atoms with Crippen molar-refractivity contribution in [3.8, 4) is 0 Å². The SMILES string of the molecule is CC(C)N1CCOC(CC(=O)N2CCN(Cc3cccs3)CC2)C1. The summed E-state index contributed by atoms with van der Waals surface area (Å²) in [5.41, 5.74) is 0. The summed E-state index contributed by atoms with van der Waals surface area (Å²) >= 11 is 1.81. The molecule has 0 bridgehead atoms. The molecule has 2 fully saturated rings. The minimum Gasteiger partial charge on any atom is -0.375 e. The maximum atomic E-state index is 12.6. The molecule has 0 radical (unpaired) electrons. The Kier molecular flexibility index (Phi) is 6.27. The number of hydrogen-bond acceptors (Lipinski definition) is 5. The number of hydrogen-bond donors (Lipinski definition) is 0. The van der Waals surface area contributed by atoms with E-state index in [4.69, 9.17) is 4.74 Å². The molecule has 1 aromatic heterocycles. The second kappa shape index (κ2) is 8.43. The lowest BCUT2D eigenvalue weighted by molar-refractivity contribution is -0.138. The molecule has 0 aromatic carbocycles. The highest BCUT2D eigenvalue weighted by atomic mass is 32.1. The van der Waals surface area contributed by atoms with E-state index in [1.54, 1.807) is 11.3 Å². The fraction of sp³-hybridized carbons (Fsp3) is 0.722. The van der Waals surface area contributed by atoms with Gasteiger partial charge in [0, 0.05) is 56.7 Å². The van der Waals surface area contributed by atoms with Gasteiger partial charge in [-0.05, 0) is 25.3 Å². The Morgan fingerprint density at radius 3 is 2.75 bits per heavy atom. The average Bonchev–Trinajstić information content (AvgIpc) is 3.08. The molecule has 2 saturated heterocycles. The van der Waals surface area contributed by atoms with Crippen molar-refractivity contribution in [2.45, 2.75) is 39.0 Å². The van der Waals surface area contributed by atoms with Crippen LogP contribution in [0.5, 0.6) is 0 Å². The molecule has 5 nitrogen and oxygen atoms in total. The first kappa shape index (κ1) is 17.9. The van der Waals surface area contributed by atoms with E-state index < -0.39 is 0 Å². The number of amides is 1. The number of rotatable bonds is 5. The van der Waals surface area contributed by atoms with E-state index in [9.17, 15) is 4.79 Å². The van der Waals surface area contributed by atoms with Gasteiger partial charge in [-0.15, -0.1) is 11.3 Å². The Labute approximate surface area is 149 Å². The molecule has 6 heteroatoms. The number of carbonyl (C=O) groups is 1. The summed E-state index contributed by atoms with van der Waals surface area (Å²) in [5, 5.41) is 2.12. The van der Waals surface area contributed by atoms with Crippen molar-refractivity contribution < 1.29 is 9.53 Å². The lowest BCUT2D eigenvalue weighted by atomic mass is 10.1. The number of morpholine rings is 1. The predicted molar refractivity (Wildman–Crippen MR) is 97.2 cm³/mol. The quantitative estimate of drug-likeness (QED) is 0.812. The van der Waals surface area contributed by atoms with Crippen LogP contribution in [0.4, 0.5) is 0 Å². The molecule has 1 atom stereocenters. The molecule has 0 aliphatic carbocycles. The molecule has 134 valence electrons. The molecule has 1 unspecified atom stereocenters. The van der Waals surface area contributed by atoms with Gasteiger partial charge in [0.15, 0.2) is 0 Å². The van der Waals surface area contributed by atoms with Crippen LogP contribution in [0.2, 0.25) is 0 Å². The van der Waals surface area contributed by atoms with Gasteiger partial charge in [-0.3, -0.25) is 14.6 Å². The molecular weight excluding hydrogens is 322 g/mol. The number of thiophene rings is 1. The monoisotopic (exact) mass is 351 g/mol. The van der Waals surface area contributed by atoms with Crippen LogP contribution in [0.15, 0.2) is 17.5 Å². The Balaban J connectivity index is 1.42. The van der Waals surface area contributed by atoms with Gasteiger partial charge in [-0.25, -0.2) is 0 Å². The summed E-state index contributed by atoms with van der Waals surface area (Å²) in [5.74, 6) is 0.251. The summed E-state index contributed by atoms with van der Waals surface area (Å²) in [4.78, 5) is 20.8. The third-order valence-electron chi connectivity index (χ3n) is 4.99. The van der Waals surface area contributed by atoms with Crippen LogP contribution < -0.4 is 0 Å². The zero-order valence-electron chi connectivity index (χ0n) is 14.8. The lowest BCUT2D eigenvalue weighted by Gasteiger charge is -2.38. The van der Waals surface area contributed by atoms with Crippen molar-refractivity contribution in [1.82, 2.24) is 14.7 Å². The van der Waals surface area contributed by atoms with Gasteiger partial charge >= 0.3 is 0 Å². The molecule has 1 aromatic rings. The highest BCUT2D eigenvalue weighted by molar-refractivity contribution is 7.09. The zero-order chi connectivity index (χ0) is 16.9. The molecular formula is C18H29N3O2S. The normalized spacial score (nSPS) is 23.8. The molecule has 24 heavy (non-hydrogen) atoms. The minimum absolute atomic E-state index is 0.0535. The second-order valence-corrected chi connectivity index (χ2v) is 8.05. The smallest absolute Gasteiger partial charge is 0.225 e. The fourth-order valence-electron chi connectivity index (χ4n) is 3.44. The first-order chi connectivity index (χ1) is 11.6. The first-order valence-corrected chi connectivity index (χ1v) is 9.88. The second-order valence-electron chi connectivity index (χ2n) is 7.02. The maximum Gasteiger partial charge on any atom is 0.225 e. The largest absolute Gasteiger partial charge is 0.375 e. The van der Waals surface area contributed by atoms with Crippen molar-refractivity contribution in [2.75, 3.05) is 45.9 Å². The van der Waals surface area contributed by atoms with Crippen LogP contribution >= 0.6 is 11.3 Å². The fourth-order valence-corrected chi connectivity index (χ4v) is 4.18. The number of ether oxygens (including phenoxy) is 1. The minimum atomic E-state index is 0.0535. The van der Waals surface area contributed by atoms with E-state index in [1.165, 1.54) is 4.88 Å². The Morgan fingerprint density at radius 2 is 2.08 bits per heavy atom. The van der Waals surface area contributed by atoms with E-state index in [-0.39, 0.29) is 12.0 Å². The van der Waals surface area contributed by atoms with Gasteiger partial charge in [0.1, 0.15) is 0 Å². The Bertz CT molecular complexity index is 512. The van der Waals surface area contributed by atoms with Gasteiger partial charge < -0.3 is 9.64 Å². The van der Waals surface area contributed by atoms with Crippen LogP contribution in [0.25, 0.3) is 0 Å². The number of piperazine rings is 1. The van der Waals surface area contributed by atoms with E-state index in [1.807, 2.05) is 4.90 Å². The van der Waals surface area contributed by atoms with Gasteiger partial charge in [-0.2, -0.15) is 0 Å². The zero-order valence-corrected chi connectivity index (χ0v) is 15.6. The van der Waals surface area contributed by atoms with Gasteiger partial charge in [0.2, 0.25) is 5.91 Å². The molecule has 3 rings (SSSR count). The highest BCUT2D eigenvalue weighted by Gasteiger charge is 2.28. The number of nitrogens with zero attached hydrogens (tertiary/aromatic N) is 3. The highest BCUT2D eigenvalue weighted by Crippen LogP contribution is 2.16. The molecule has 0 spiro atoms. The van der Waals surface area contributed by atoms with E-state index >= 15 is 0 Å². The molecule has 0 N–H and O–H groups in total. The van der Waals surface area contributed by atoms with Crippen LogP contribution in [0.3, 0.4) is 0 Å². The Hall–Kier alpha value is -0.950. The van der Waals surface area contributed by atoms with Crippen molar-refractivity contribution in [3.63, 3.8) is 0 Å². The summed E-state index contributed by atoms with van der Waals surface area (Å²) in [7, 11) is 0. The predicted octanol–water partition coefficient (Wildman–Crippen LogP) is 1.89. The molecule has 2 aliphatic heterocycles. The maximum absolute atomic E-state index is 12.6. The topological polar surface area (TPSA) is 36.0 Å². The van der Waals surface area contributed by atoms with Crippen molar-refractivity contribution in [3.05, 3.63) is 22.4 Å². The van der Waals surface area contributed by atoms with Crippen molar-refractivity contribution >= 4 is 17.2 Å². The van der Waals surface area contributed by atoms with E-state index in [2.05, 4.69) is 41.2 Å². The summed E-state index contributed by atoms with van der Waals surface area (Å²) < 4.78 is 5.81. The first-order valence-electron chi connectivity index (χ1n) is 9.00. The van der Waals surface area contributed by atoms with Gasteiger partial charge in [0.05, 0.1) is 19.1 Å². The summed E-state index contributed by atoms with van der Waals surface area (Å²) in [6.45, 7) is 11.6. The van der Waals surface area contributed by atoms with E-state index in [0.29, 0.717) is 12.5 Å². The molecule has 1 amide bonds. The van der Waals surface area contributed by atoms with Gasteiger partial charge in [-0.1, -0.05) is 6.07 Å². The van der Waals surface area contributed by atoms with E-state index in [0.717, 1.165) is 52.4 Å². The third-order valence-corrected chi connectivity index (χ3v) is 5.85. The van der Waals surface area contributed by atoms with Crippen LogP contribution in [-0.2, 0) is 16.1 Å². The summed E-state index contributed by atoms with van der Waals surface area (Å²) in [6.07, 6.45) is 0.575. The molecule has 2 aliphatic rings. The summed E-state index contributed by atoms with van der Waals surface area (Å²) in [6, 6.07) is 4.81. The van der Waals surface area contributed by atoms with Crippen LogP contribution in [0.1, 0.15) is 25.1 Å². The molecule has 3 heterocycles. The Morgan fingerprint density at radius 1 is 1.29 bits per heavy atom. The van der Waals surface area contributed by atoms with Gasteiger partial charge in [0.25, 0.3) is 0 Å². The standard InChI is InChI=1S/C18H29N3O2S/c1-15(2)21-9-10-23-16(13-21)12-18(22)20-7-5-19(6-8-20)14-17-4-3-11-24-17/h3-4,11,15-16H,5-10,12-14H2,1-2H3. The van der Waals surface area contributed by atoms with Crippen molar-refractivity contribution in [1.29, 1.82) is 0 Å². The lowest BCUT2D eigenvalue weighted by Crippen LogP contribution is -2.51. The third kappa shape index (κ3) is 4.79. The average molecular weight is 352 g/mol. The number of carbonyl (C=O) groups excluding carboxylic acids is 1. The van der Waals surface area contributed by atoms with Crippen LogP contribution in [0, 0.1) is 0 Å². The van der Waals surface area contributed by atoms with Crippen LogP contribution in [-0.4, -0.2) is 78.6 Å².